The minimum absolute atomic E-state index is 0.443. The predicted molar refractivity (Wildman–Crippen MR) is 125 cm³/mol. The zero-order chi connectivity index (χ0) is 21.3. The van der Waals surface area contributed by atoms with Gasteiger partial charge in [0.15, 0.2) is 11.5 Å². The molecule has 3 rings (SSSR count). The molecule has 30 heavy (non-hydrogen) atoms. The van der Waals surface area contributed by atoms with E-state index in [1.165, 1.54) is 11.1 Å². The van der Waals surface area contributed by atoms with Crippen LogP contribution in [0.3, 0.4) is 0 Å². The summed E-state index contributed by atoms with van der Waals surface area (Å²) in [5.41, 5.74) is 4.62. The SMILES string of the molecule is CCOc1cc(CNCCc2ccc(Cl)cc2)cc(Cl)c1OCc1ccc(C)cc1. The molecule has 0 bridgehead atoms. The summed E-state index contributed by atoms with van der Waals surface area (Å²) in [5, 5.41) is 4.77. The zero-order valence-electron chi connectivity index (χ0n) is 17.4. The van der Waals surface area contributed by atoms with E-state index >= 15 is 0 Å². The van der Waals surface area contributed by atoms with Gasteiger partial charge in [0, 0.05) is 11.6 Å². The van der Waals surface area contributed by atoms with Crippen molar-refractivity contribution in [2.45, 2.75) is 33.4 Å². The van der Waals surface area contributed by atoms with Crippen LogP contribution in [-0.4, -0.2) is 13.2 Å². The standard InChI is InChI=1S/C25H27Cl2NO2/c1-3-29-24-15-21(16-28-13-12-19-8-10-22(26)11-9-19)14-23(27)25(24)30-17-20-6-4-18(2)5-7-20/h4-11,14-15,28H,3,12-13,16-17H2,1-2H3. The molecule has 0 aliphatic heterocycles. The highest BCUT2D eigenvalue weighted by Gasteiger charge is 2.13. The molecule has 3 aromatic carbocycles. The molecule has 0 radical (unpaired) electrons. The van der Waals surface area contributed by atoms with E-state index in [9.17, 15) is 0 Å². The van der Waals surface area contributed by atoms with Crippen molar-refractivity contribution in [2.24, 2.45) is 0 Å². The van der Waals surface area contributed by atoms with Gasteiger partial charge in [0.1, 0.15) is 6.61 Å². The van der Waals surface area contributed by atoms with Gasteiger partial charge in [-0.25, -0.2) is 0 Å². The molecule has 0 saturated heterocycles. The Labute approximate surface area is 188 Å². The minimum atomic E-state index is 0.443. The second-order valence-electron chi connectivity index (χ2n) is 7.17. The summed E-state index contributed by atoms with van der Waals surface area (Å²) in [5.74, 6) is 1.26. The number of benzene rings is 3. The zero-order valence-corrected chi connectivity index (χ0v) is 18.9. The van der Waals surface area contributed by atoms with Gasteiger partial charge in [-0.05, 0) is 67.8 Å². The largest absolute Gasteiger partial charge is 0.490 e. The van der Waals surface area contributed by atoms with Crippen molar-refractivity contribution >= 4 is 23.2 Å². The van der Waals surface area contributed by atoms with Crippen LogP contribution >= 0.6 is 23.2 Å². The summed E-state index contributed by atoms with van der Waals surface area (Å²) in [6.07, 6.45) is 0.932. The first-order valence-corrected chi connectivity index (χ1v) is 10.9. The van der Waals surface area contributed by atoms with Crippen LogP contribution in [0.15, 0.2) is 60.7 Å². The lowest BCUT2D eigenvalue weighted by molar-refractivity contribution is 0.269. The van der Waals surface area contributed by atoms with Gasteiger partial charge in [-0.15, -0.1) is 0 Å². The molecule has 0 spiro atoms. The molecule has 0 amide bonds. The fourth-order valence-corrected chi connectivity index (χ4v) is 3.50. The van der Waals surface area contributed by atoms with Crippen LogP contribution in [0.25, 0.3) is 0 Å². The van der Waals surface area contributed by atoms with E-state index < -0.39 is 0 Å². The second-order valence-corrected chi connectivity index (χ2v) is 8.01. The van der Waals surface area contributed by atoms with Crippen LogP contribution in [-0.2, 0) is 19.6 Å². The molecule has 5 heteroatoms. The number of halogens is 2. The molecule has 0 fully saturated rings. The molecule has 0 aromatic heterocycles. The molecule has 0 heterocycles. The van der Waals surface area contributed by atoms with E-state index in [1.54, 1.807) is 0 Å². The third-order valence-electron chi connectivity index (χ3n) is 4.71. The van der Waals surface area contributed by atoms with Crippen LogP contribution in [0.5, 0.6) is 11.5 Å². The number of aryl methyl sites for hydroxylation is 1. The summed E-state index contributed by atoms with van der Waals surface area (Å²) in [6.45, 7) is 6.57. The Bertz CT molecular complexity index is 941. The quantitative estimate of drug-likeness (QED) is 0.357. The molecule has 3 aromatic rings. The molecule has 3 nitrogen and oxygen atoms in total. The van der Waals surface area contributed by atoms with Gasteiger partial charge in [-0.2, -0.15) is 0 Å². The molecule has 0 atom stereocenters. The van der Waals surface area contributed by atoms with E-state index in [2.05, 4.69) is 36.5 Å². The van der Waals surface area contributed by atoms with Crippen molar-refractivity contribution in [3.8, 4) is 11.5 Å². The van der Waals surface area contributed by atoms with Gasteiger partial charge in [-0.1, -0.05) is 65.2 Å². The van der Waals surface area contributed by atoms with Crippen LogP contribution in [0.1, 0.15) is 29.2 Å². The third-order valence-corrected chi connectivity index (χ3v) is 5.24. The Morgan fingerprint density at radius 1 is 0.833 bits per heavy atom. The lowest BCUT2D eigenvalue weighted by atomic mass is 10.1. The first kappa shape index (κ1) is 22.5. The van der Waals surface area contributed by atoms with E-state index in [4.69, 9.17) is 32.7 Å². The Morgan fingerprint density at radius 2 is 1.53 bits per heavy atom. The van der Waals surface area contributed by atoms with Crippen LogP contribution < -0.4 is 14.8 Å². The van der Waals surface area contributed by atoms with Crippen LogP contribution in [0.4, 0.5) is 0 Å². The average Bonchev–Trinajstić information content (AvgIpc) is 2.73. The van der Waals surface area contributed by atoms with Gasteiger partial charge < -0.3 is 14.8 Å². The number of hydrogen-bond donors (Lipinski definition) is 1. The van der Waals surface area contributed by atoms with Gasteiger partial charge in [0.2, 0.25) is 0 Å². The summed E-state index contributed by atoms with van der Waals surface area (Å²) < 4.78 is 11.8. The summed E-state index contributed by atoms with van der Waals surface area (Å²) >= 11 is 12.5. The third kappa shape index (κ3) is 6.66. The van der Waals surface area contributed by atoms with Crippen LogP contribution in [0.2, 0.25) is 10.0 Å². The molecular formula is C25H27Cl2NO2. The number of rotatable bonds is 10. The first-order chi connectivity index (χ1) is 14.5. The highest BCUT2D eigenvalue weighted by Crippen LogP contribution is 2.37. The second kappa shape index (κ2) is 11.3. The van der Waals surface area contributed by atoms with Crippen LogP contribution in [0, 0.1) is 6.92 Å². The molecule has 0 aliphatic carbocycles. The maximum atomic E-state index is 6.54. The normalized spacial score (nSPS) is 10.8. The Hall–Kier alpha value is -2.20. The van der Waals surface area contributed by atoms with Crippen molar-refractivity contribution in [1.82, 2.24) is 5.32 Å². The molecule has 0 saturated carbocycles. The maximum absolute atomic E-state index is 6.54. The Kier molecular flexibility index (Phi) is 8.44. The van der Waals surface area contributed by atoms with E-state index in [1.807, 2.05) is 43.3 Å². The van der Waals surface area contributed by atoms with E-state index in [0.29, 0.717) is 36.3 Å². The number of hydrogen-bond acceptors (Lipinski definition) is 3. The smallest absolute Gasteiger partial charge is 0.180 e. The monoisotopic (exact) mass is 443 g/mol. The van der Waals surface area contributed by atoms with Crippen molar-refractivity contribution in [2.75, 3.05) is 13.2 Å². The van der Waals surface area contributed by atoms with Crippen molar-refractivity contribution < 1.29 is 9.47 Å². The number of nitrogens with one attached hydrogen (secondary N) is 1. The summed E-state index contributed by atoms with van der Waals surface area (Å²) in [6, 6.07) is 20.1. The first-order valence-electron chi connectivity index (χ1n) is 10.1. The van der Waals surface area contributed by atoms with Crippen molar-refractivity contribution in [3.05, 3.63) is 93.0 Å². The van der Waals surface area contributed by atoms with Crippen molar-refractivity contribution in [1.29, 1.82) is 0 Å². The van der Waals surface area contributed by atoms with Gasteiger partial charge in [0.25, 0.3) is 0 Å². The predicted octanol–water partition coefficient (Wildman–Crippen LogP) is 6.61. The van der Waals surface area contributed by atoms with Gasteiger partial charge in [-0.3, -0.25) is 0 Å². The topological polar surface area (TPSA) is 30.5 Å². The van der Waals surface area contributed by atoms with Gasteiger partial charge >= 0.3 is 0 Å². The molecule has 158 valence electrons. The van der Waals surface area contributed by atoms with Gasteiger partial charge in [0.05, 0.1) is 11.6 Å². The summed E-state index contributed by atoms with van der Waals surface area (Å²) in [4.78, 5) is 0. The Balaban J connectivity index is 1.60. The highest BCUT2D eigenvalue weighted by molar-refractivity contribution is 6.32. The van der Waals surface area contributed by atoms with E-state index in [-0.39, 0.29) is 0 Å². The summed E-state index contributed by atoms with van der Waals surface area (Å²) in [7, 11) is 0. The molecule has 0 unspecified atom stereocenters. The lowest BCUT2D eigenvalue weighted by Gasteiger charge is -2.16. The molecule has 0 aliphatic rings. The Morgan fingerprint density at radius 3 is 2.23 bits per heavy atom. The van der Waals surface area contributed by atoms with E-state index in [0.717, 1.165) is 29.1 Å². The molecular weight excluding hydrogens is 417 g/mol. The molecule has 1 N–H and O–H groups in total. The average molecular weight is 444 g/mol. The lowest BCUT2D eigenvalue weighted by Crippen LogP contribution is -2.16. The number of ether oxygens (including phenoxy) is 2. The maximum Gasteiger partial charge on any atom is 0.180 e. The minimum Gasteiger partial charge on any atom is -0.490 e. The fraction of sp³-hybridized carbons (Fsp3) is 0.280. The van der Waals surface area contributed by atoms with Crippen molar-refractivity contribution in [3.63, 3.8) is 0 Å². The highest BCUT2D eigenvalue weighted by atomic mass is 35.5. The fourth-order valence-electron chi connectivity index (χ4n) is 3.08.